The van der Waals surface area contributed by atoms with Crippen LogP contribution in [0, 0.1) is 6.92 Å². The molecule has 84 valence electrons. The zero-order chi connectivity index (χ0) is 11.5. The molecule has 5 heteroatoms. The minimum atomic E-state index is 0.736. The molecule has 0 aliphatic carbocycles. The van der Waals surface area contributed by atoms with Crippen LogP contribution in [0.3, 0.4) is 0 Å². The van der Waals surface area contributed by atoms with Crippen molar-refractivity contribution >= 4 is 5.82 Å². The molecule has 0 aliphatic rings. The van der Waals surface area contributed by atoms with Gasteiger partial charge in [-0.05, 0) is 6.92 Å². The van der Waals surface area contributed by atoms with E-state index in [1.165, 1.54) is 0 Å². The number of anilines is 1. The normalized spacial score (nSPS) is 10.4. The fourth-order valence-electron chi connectivity index (χ4n) is 1.49. The highest BCUT2D eigenvalue weighted by Crippen LogP contribution is 2.11. The minimum absolute atomic E-state index is 0.736. The van der Waals surface area contributed by atoms with Gasteiger partial charge in [-0.2, -0.15) is 0 Å². The number of rotatable bonds is 3. The van der Waals surface area contributed by atoms with E-state index in [1.807, 2.05) is 37.8 Å². The van der Waals surface area contributed by atoms with Crippen molar-refractivity contribution in [3.05, 3.63) is 36.3 Å². The van der Waals surface area contributed by atoms with Crippen molar-refractivity contribution in [1.29, 1.82) is 0 Å². The Kier molecular flexibility index (Phi) is 2.85. The molecule has 0 spiro atoms. The number of nitrogens with zero attached hydrogens (tertiary/aromatic N) is 5. The van der Waals surface area contributed by atoms with E-state index in [4.69, 9.17) is 0 Å². The Morgan fingerprint density at radius 2 is 2.12 bits per heavy atom. The zero-order valence-corrected chi connectivity index (χ0v) is 9.75. The van der Waals surface area contributed by atoms with Crippen LogP contribution in [0.4, 0.5) is 5.82 Å². The van der Waals surface area contributed by atoms with Crippen molar-refractivity contribution in [1.82, 2.24) is 19.5 Å². The Labute approximate surface area is 94.8 Å². The Morgan fingerprint density at radius 3 is 2.75 bits per heavy atom. The second-order valence-corrected chi connectivity index (χ2v) is 3.83. The van der Waals surface area contributed by atoms with Gasteiger partial charge in [-0.15, -0.1) is 0 Å². The molecule has 0 radical (unpaired) electrons. The van der Waals surface area contributed by atoms with Gasteiger partial charge in [0.1, 0.15) is 18.0 Å². The van der Waals surface area contributed by atoms with E-state index in [1.54, 1.807) is 12.5 Å². The van der Waals surface area contributed by atoms with Crippen LogP contribution >= 0.6 is 0 Å². The van der Waals surface area contributed by atoms with Crippen LogP contribution in [0.25, 0.3) is 0 Å². The smallest absolute Gasteiger partial charge is 0.132 e. The third kappa shape index (κ3) is 2.18. The molecular weight excluding hydrogens is 202 g/mol. The van der Waals surface area contributed by atoms with Gasteiger partial charge in [0.25, 0.3) is 0 Å². The van der Waals surface area contributed by atoms with Crippen molar-refractivity contribution in [2.24, 2.45) is 7.05 Å². The summed E-state index contributed by atoms with van der Waals surface area (Å²) in [7, 11) is 3.98. The third-order valence-electron chi connectivity index (χ3n) is 2.48. The van der Waals surface area contributed by atoms with Crippen LogP contribution in [0.15, 0.2) is 24.8 Å². The number of hydrogen-bond acceptors (Lipinski definition) is 4. The lowest BCUT2D eigenvalue weighted by atomic mass is 10.4. The molecule has 16 heavy (non-hydrogen) atoms. The molecule has 0 aliphatic heterocycles. The maximum atomic E-state index is 4.28. The lowest BCUT2D eigenvalue weighted by Gasteiger charge is -2.17. The molecule has 2 heterocycles. The van der Waals surface area contributed by atoms with E-state index in [-0.39, 0.29) is 0 Å². The molecule has 2 aromatic heterocycles. The summed E-state index contributed by atoms with van der Waals surface area (Å²) in [5, 5.41) is 0. The Hall–Kier alpha value is -1.91. The summed E-state index contributed by atoms with van der Waals surface area (Å²) in [6.07, 6.45) is 5.32. The first-order valence-electron chi connectivity index (χ1n) is 5.13. The Morgan fingerprint density at radius 1 is 1.31 bits per heavy atom. The van der Waals surface area contributed by atoms with Crippen molar-refractivity contribution in [3.63, 3.8) is 0 Å². The van der Waals surface area contributed by atoms with Crippen LogP contribution < -0.4 is 4.90 Å². The zero-order valence-electron chi connectivity index (χ0n) is 9.75. The predicted molar refractivity (Wildman–Crippen MR) is 62.1 cm³/mol. The van der Waals surface area contributed by atoms with E-state index in [2.05, 4.69) is 19.9 Å². The molecule has 0 atom stereocenters. The summed E-state index contributed by atoms with van der Waals surface area (Å²) in [5.74, 6) is 1.93. The van der Waals surface area contributed by atoms with Gasteiger partial charge in [-0.25, -0.2) is 15.0 Å². The van der Waals surface area contributed by atoms with Crippen LogP contribution in [-0.4, -0.2) is 26.6 Å². The Bertz CT molecular complexity index is 477. The SMILES string of the molecule is Cc1cc(N(C)Cc2nccn2C)ncn1. The number of imidazole rings is 1. The molecule has 0 bridgehead atoms. The average molecular weight is 217 g/mol. The quantitative estimate of drug-likeness (QED) is 0.774. The molecule has 0 amide bonds. The highest BCUT2D eigenvalue weighted by molar-refractivity contribution is 5.37. The fourth-order valence-corrected chi connectivity index (χ4v) is 1.49. The largest absolute Gasteiger partial charge is 0.352 e. The lowest BCUT2D eigenvalue weighted by Crippen LogP contribution is -2.20. The van der Waals surface area contributed by atoms with E-state index < -0.39 is 0 Å². The van der Waals surface area contributed by atoms with Crippen LogP contribution in [-0.2, 0) is 13.6 Å². The fraction of sp³-hybridized carbons (Fsp3) is 0.364. The molecule has 2 rings (SSSR count). The maximum absolute atomic E-state index is 4.28. The van der Waals surface area contributed by atoms with Crippen LogP contribution in [0.1, 0.15) is 11.5 Å². The lowest BCUT2D eigenvalue weighted by molar-refractivity contribution is 0.753. The summed E-state index contributed by atoms with van der Waals surface area (Å²) >= 11 is 0. The van der Waals surface area contributed by atoms with Crippen molar-refractivity contribution < 1.29 is 0 Å². The van der Waals surface area contributed by atoms with Crippen LogP contribution in [0.2, 0.25) is 0 Å². The van der Waals surface area contributed by atoms with Crippen molar-refractivity contribution in [2.45, 2.75) is 13.5 Å². The summed E-state index contributed by atoms with van der Waals surface area (Å²) in [6, 6.07) is 1.96. The molecule has 0 N–H and O–H groups in total. The summed E-state index contributed by atoms with van der Waals surface area (Å²) in [4.78, 5) is 14.6. The van der Waals surface area contributed by atoms with Crippen molar-refractivity contribution in [2.75, 3.05) is 11.9 Å². The number of hydrogen-bond donors (Lipinski definition) is 0. The molecule has 0 saturated carbocycles. The number of aryl methyl sites for hydroxylation is 2. The van der Waals surface area contributed by atoms with E-state index in [0.717, 1.165) is 23.9 Å². The molecule has 5 nitrogen and oxygen atoms in total. The highest BCUT2D eigenvalue weighted by atomic mass is 15.2. The third-order valence-corrected chi connectivity index (χ3v) is 2.48. The van der Waals surface area contributed by atoms with Gasteiger partial charge in [0.2, 0.25) is 0 Å². The first kappa shape index (κ1) is 10.6. The minimum Gasteiger partial charge on any atom is -0.352 e. The van der Waals surface area contributed by atoms with Crippen LogP contribution in [0.5, 0.6) is 0 Å². The Balaban J connectivity index is 2.14. The highest BCUT2D eigenvalue weighted by Gasteiger charge is 2.06. The summed E-state index contributed by atoms with van der Waals surface area (Å²) in [6.45, 7) is 2.69. The second-order valence-electron chi connectivity index (χ2n) is 3.83. The monoisotopic (exact) mass is 217 g/mol. The van der Waals surface area contributed by atoms with Crippen molar-refractivity contribution in [3.8, 4) is 0 Å². The topological polar surface area (TPSA) is 46.8 Å². The standard InChI is InChI=1S/C11H15N5/c1-9-6-10(14-8-13-9)16(3)7-11-12-4-5-15(11)2/h4-6,8H,7H2,1-3H3. The predicted octanol–water partition coefficient (Wildman–Crippen LogP) is 1.15. The van der Waals surface area contributed by atoms with E-state index in [0.29, 0.717) is 0 Å². The molecule has 2 aromatic rings. The van der Waals surface area contributed by atoms with Gasteiger partial charge in [0.05, 0.1) is 6.54 Å². The molecule has 0 saturated heterocycles. The second kappa shape index (κ2) is 4.30. The number of aromatic nitrogens is 4. The average Bonchev–Trinajstić information content (AvgIpc) is 2.64. The first-order valence-corrected chi connectivity index (χ1v) is 5.13. The van der Waals surface area contributed by atoms with Gasteiger partial charge >= 0.3 is 0 Å². The van der Waals surface area contributed by atoms with Gasteiger partial charge < -0.3 is 9.47 Å². The first-order chi connectivity index (χ1) is 7.66. The van der Waals surface area contributed by atoms with Gasteiger partial charge in [-0.1, -0.05) is 0 Å². The summed E-state index contributed by atoms with van der Waals surface area (Å²) in [5.41, 5.74) is 0.969. The van der Waals surface area contributed by atoms with E-state index in [9.17, 15) is 0 Å². The summed E-state index contributed by atoms with van der Waals surface area (Å²) < 4.78 is 2.00. The maximum Gasteiger partial charge on any atom is 0.132 e. The van der Waals surface area contributed by atoms with E-state index >= 15 is 0 Å². The molecular formula is C11H15N5. The van der Waals surface area contributed by atoms with Gasteiger partial charge in [0, 0.05) is 38.2 Å². The molecule has 0 unspecified atom stereocenters. The van der Waals surface area contributed by atoms with Gasteiger partial charge in [0.15, 0.2) is 0 Å². The molecule has 0 fully saturated rings. The molecule has 0 aromatic carbocycles. The van der Waals surface area contributed by atoms with Gasteiger partial charge in [-0.3, -0.25) is 0 Å².